The number of rotatable bonds is 5. The molecule has 0 radical (unpaired) electrons. The maximum absolute atomic E-state index is 11.7. The van der Waals surface area contributed by atoms with Crippen molar-refractivity contribution in [2.45, 2.75) is 39.2 Å². The molecule has 0 aliphatic heterocycles. The molecule has 0 N–H and O–H groups in total. The molecule has 1 rings (SSSR count). The molecular formula is C12H18O3. The zero-order valence-corrected chi connectivity index (χ0v) is 9.58. The number of ketones is 1. The number of hydrogen-bond acceptors (Lipinski definition) is 3. The average Bonchev–Trinajstić information content (AvgIpc) is 2.85. The molecule has 3 heteroatoms. The number of ether oxygens (including phenoxy) is 1. The zero-order valence-electron chi connectivity index (χ0n) is 9.58. The van der Waals surface area contributed by atoms with Gasteiger partial charge in [0.1, 0.15) is 0 Å². The maximum Gasteiger partial charge on any atom is 0.314 e. The van der Waals surface area contributed by atoms with E-state index in [4.69, 9.17) is 4.74 Å². The molecule has 0 saturated heterocycles. The number of carbonyl (C=O) groups is 2. The van der Waals surface area contributed by atoms with Crippen molar-refractivity contribution >= 4 is 11.8 Å². The fourth-order valence-electron chi connectivity index (χ4n) is 1.54. The lowest BCUT2D eigenvalue weighted by Gasteiger charge is -2.19. The predicted octanol–water partition coefficient (Wildman–Crippen LogP) is 2.11. The molecule has 1 aliphatic rings. The SMILES string of the molecule is C=CC(C(=O)OC1(C(C)=O)CC1)C(C)C. The summed E-state index contributed by atoms with van der Waals surface area (Å²) in [7, 11) is 0. The highest BCUT2D eigenvalue weighted by Crippen LogP contribution is 2.41. The summed E-state index contributed by atoms with van der Waals surface area (Å²) in [5.41, 5.74) is -0.798. The minimum absolute atomic E-state index is 0.0533. The molecule has 0 bridgehead atoms. The largest absolute Gasteiger partial charge is 0.451 e. The highest BCUT2D eigenvalue weighted by molar-refractivity contribution is 5.91. The Morgan fingerprint density at radius 2 is 1.93 bits per heavy atom. The van der Waals surface area contributed by atoms with E-state index in [1.54, 1.807) is 6.08 Å². The molecule has 0 spiro atoms. The van der Waals surface area contributed by atoms with E-state index in [0.717, 1.165) is 0 Å². The van der Waals surface area contributed by atoms with Gasteiger partial charge >= 0.3 is 5.97 Å². The van der Waals surface area contributed by atoms with Gasteiger partial charge in [0.15, 0.2) is 11.4 Å². The quantitative estimate of drug-likeness (QED) is 0.515. The first-order valence-corrected chi connectivity index (χ1v) is 5.29. The molecule has 15 heavy (non-hydrogen) atoms. The van der Waals surface area contributed by atoms with Crippen molar-refractivity contribution in [2.24, 2.45) is 11.8 Å². The normalized spacial score (nSPS) is 19.5. The van der Waals surface area contributed by atoms with Crippen LogP contribution in [-0.4, -0.2) is 17.4 Å². The Kier molecular flexibility index (Phi) is 3.32. The summed E-state index contributed by atoms with van der Waals surface area (Å²) in [4.78, 5) is 23.0. The van der Waals surface area contributed by atoms with Crippen LogP contribution in [0.4, 0.5) is 0 Å². The minimum Gasteiger partial charge on any atom is -0.451 e. The van der Waals surface area contributed by atoms with Crippen LogP contribution in [0.25, 0.3) is 0 Å². The Morgan fingerprint density at radius 1 is 1.40 bits per heavy atom. The van der Waals surface area contributed by atoms with Crippen LogP contribution in [0.5, 0.6) is 0 Å². The number of hydrogen-bond donors (Lipinski definition) is 0. The first-order valence-electron chi connectivity index (χ1n) is 5.29. The third-order valence-electron chi connectivity index (χ3n) is 2.89. The van der Waals surface area contributed by atoms with Gasteiger partial charge in [0.05, 0.1) is 5.92 Å². The molecule has 0 aromatic heterocycles. The average molecular weight is 210 g/mol. The summed E-state index contributed by atoms with van der Waals surface area (Å²) in [6, 6.07) is 0. The lowest BCUT2D eigenvalue weighted by atomic mass is 9.96. The van der Waals surface area contributed by atoms with Crippen molar-refractivity contribution in [2.75, 3.05) is 0 Å². The van der Waals surface area contributed by atoms with Gasteiger partial charge in [0, 0.05) is 0 Å². The van der Waals surface area contributed by atoms with E-state index in [0.29, 0.717) is 12.8 Å². The Hall–Kier alpha value is -1.12. The van der Waals surface area contributed by atoms with Gasteiger partial charge in [0.2, 0.25) is 0 Å². The lowest BCUT2D eigenvalue weighted by Crippen LogP contribution is -2.31. The number of esters is 1. The van der Waals surface area contributed by atoms with E-state index in [2.05, 4.69) is 6.58 Å². The second kappa shape index (κ2) is 4.17. The van der Waals surface area contributed by atoms with Crippen LogP contribution >= 0.6 is 0 Å². The molecular weight excluding hydrogens is 192 g/mol. The highest BCUT2D eigenvalue weighted by atomic mass is 16.6. The fraction of sp³-hybridized carbons (Fsp3) is 0.667. The van der Waals surface area contributed by atoms with Gasteiger partial charge in [-0.15, -0.1) is 6.58 Å². The van der Waals surface area contributed by atoms with Crippen molar-refractivity contribution in [1.29, 1.82) is 0 Å². The monoisotopic (exact) mass is 210 g/mol. The Balaban J connectivity index is 2.62. The molecule has 1 atom stereocenters. The third-order valence-corrected chi connectivity index (χ3v) is 2.89. The molecule has 0 aromatic carbocycles. The molecule has 0 aromatic rings. The zero-order chi connectivity index (χ0) is 11.6. The predicted molar refractivity (Wildman–Crippen MR) is 57.3 cm³/mol. The van der Waals surface area contributed by atoms with Crippen LogP contribution < -0.4 is 0 Å². The van der Waals surface area contributed by atoms with Crippen molar-refractivity contribution in [3.05, 3.63) is 12.7 Å². The van der Waals surface area contributed by atoms with Crippen LogP contribution in [0.3, 0.4) is 0 Å². The summed E-state index contributed by atoms with van der Waals surface area (Å²) < 4.78 is 5.26. The van der Waals surface area contributed by atoms with E-state index in [1.807, 2.05) is 13.8 Å². The Bertz CT molecular complexity index is 287. The standard InChI is InChI=1S/C12H18O3/c1-5-10(8(2)3)11(14)15-12(6-7-12)9(4)13/h5,8,10H,1,6-7H2,2-4H3. The molecule has 84 valence electrons. The van der Waals surface area contributed by atoms with Crippen molar-refractivity contribution in [3.8, 4) is 0 Å². The summed E-state index contributed by atoms with van der Waals surface area (Å²) in [6.45, 7) is 8.95. The Morgan fingerprint density at radius 3 is 2.20 bits per heavy atom. The van der Waals surface area contributed by atoms with Crippen LogP contribution in [0, 0.1) is 11.8 Å². The van der Waals surface area contributed by atoms with Crippen molar-refractivity contribution in [3.63, 3.8) is 0 Å². The Labute approximate surface area is 90.5 Å². The van der Waals surface area contributed by atoms with Crippen molar-refractivity contribution < 1.29 is 14.3 Å². The lowest BCUT2D eigenvalue weighted by molar-refractivity contribution is -0.160. The molecule has 0 heterocycles. The smallest absolute Gasteiger partial charge is 0.314 e. The molecule has 1 fully saturated rings. The van der Waals surface area contributed by atoms with Crippen LogP contribution in [-0.2, 0) is 14.3 Å². The minimum atomic E-state index is -0.798. The van der Waals surface area contributed by atoms with E-state index >= 15 is 0 Å². The van der Waals surface area contributed by atoms with Gasteiger partial charge in [-0.05, 0) is 25.7 Å². The van der Waals surface area contributed by atoms with Gasteiger partial charge in [-0.2, -0.15) is 0 Å². The third kappa shape index (κ3) is 2.46. The summed E-state index contributed by atoms with van der Waals surface area (Å²) >= 11 is 0. The number of Topliss-reactive ketones (excluding diaryl/α,β-unsaturated/α-hetero) is 1. The second-order valence-corrected chi connectivity index (χ2v) is 4.48. The van der Waals surface area contributed by atoms with Gasteiger partial charge < -0.3 is 4.74 Å². The molecule has 0 amide bonds. The van der Waals surface area contributed by atoms with Crippen LogP contribution in [0.1, 0.15) is 33.6 Å². The van der Waals surface area contributed by atoms with Gasteiger partial charge in [-0.3, -0.25) is 9.59 Å². The number of carbonyl (C=O) groups excluding carboxylic acids is 2. The molecule has 3 nitrogen and oxygen atoms in total. The molecule has 1 aliphatic carbocycles. The summed E-state index contributed by atoms with van der Waals surface area (Å²) in [6.07, 6.45) is 2.91. The van der Waals surface area contributed by atoms with E-state index in [-0.39, 0.29) is 23.6 Å². The summed E-state index contributed by atoms with van der Waals surface area (Å²) in [5.74, 6) is -0.547. The maximum atomic E-state index is 11.7. The van der Waals surface area contributed by atoms with Crippen LogP contribution in [0.2, 0.25) is 0 Å². The second-order valence-electron chi connectivity index (χ2n) is 4.48. The van der Waals surface area contributed by atoms with Crippen molar-refractivity contribution in [1.82, 2.24) is 0 Å². The first kappa shape index (κ1) is 12.0. The first-order chi connectivity index (χ1) is 6.93. The van der Waals surface area contributed by atoms with Gasteiger partial charge in [0.25, 0.3) is 0 Å². The van der Waals surface area contributed by atoms with E-state index in [9.17, 15) is 9.59 Å². The summed E-state index contributed by atoms with van der Waals surface area (Å²) in [5, 5.41) is 0. The van der Waals surface area contributed by atoms with E-state index in [1.165, 1.54) is 6.92 Å². The fourth-order valence-corrected chi connectivity index (χ4v) is 1.54. The van der Waals surface area contributed by atoms with E-state index < -0.39 is 5.60 Å². The van der Waals surface area contributed by atoms with Crippen LogP contribution in [0.15, 0.2) is 12.7 Å². The highest BCUT2D eigenvalue weighted by Gasteiger charge is 2.52. The topological polar surface area (TPSA) is 43.4 Å². The van der Waals surface area contributed by atoms with Gasteiger partial charge in [-0.25, -0.2) is 0 Å². The molecule has 1 unspecified atom stereocenters. The van der Waals surface area contributed by atoms with Gasteiger partial charge in [-0.1, -0.05) is 19.9 Å². The molecule has 1 saturated carbocycles.